The predicted molar refractivity (Wildman–Crippen MR) is 95.3 cm³/mol. The topological polar surface area (TPSA) is 66.5 Å². The van der Waals surface area contributed by atoms with Crippen molar-refractivity contribution in [1.82, 2.24) is 9.62 Å². The fourth-order valence-electron chi connectivity index (χ4n) is 4.85. The van der Waals surface area contributed by atoms with Crippen molar-refractivity contribution in [1.29, 1.82) is 0 Å². The number of nitrogens with zero attached hydrogens (tertiary/aromatic N) is 1. The van der Waals surface area contributed by atoms with Gasteiger partial charge in [0, 0.05) is 19.1 Å². The van der Waals surface area contributed by atoms with Crippen LogP contribution >= 0.6 is 0 Å². The third-order valence-electron chi connectivity index (χ3n) is 6.27. The molecule has 1 amide bonds. The molecule has 142 valence electrons. The summed E-state index contributed by atoms with van der Waals surface area (Å²) >= 11 is 0. The van der Waals surface area contributed by atoms with Crippen LogP contribution < -0.4 is 5.32 Å². The van der Waals surface area contributed by atoms with Gasteiger partial charge in [0.15, 0.2) is 0 Å². The highest BCUT2D eigenvalue weighted by molar-refractivity contribution is 7.89. The lowest BCUT2D eigenvalue weighted by atomic mass is 9.93. The first-order valence-corrected chi connectivity index (χ1v) is 10.9. The van der Waals surface area contributed by atoms with Crippen LogP contribution in [0.25, 0.3) is 0 Å². The number of fused-ring (bicyclic) bond motifs is 2. The zero-order chi connectivity index (χ0) is 18.3. The average molecular weight is 380 g/mol. The molecular weight excluding hydrogens is 355 g/mol. The molecule has 1 aromatic rings. The van der Waals surface area contributed by atoms with Crippen LogP contribution in [0.5, 0.6) is 0 Å². The van der Waals surface area contributed by atoms with Gasteiger partial charge < -0.3 is 5.32 Å². The summed E-state index contributed by atoms with van der Waals surface area (Å²) in [7, 11) is -3.69. The van der Waals surface area contributed by atoms with Gasteiger partial charge in [0.05, 0.1) is 10.8 Å². The third-order valence-corrected chi connectivity index (χ3v) is 8.15. The van der Waals surface area contributed by atoms with Gasteiger partial charge in [-0.1, -0.05) is 6.42 Å². The Labute approximate surface area is 154 Å². The fourth-order valence-corrected chi connectivity index (χ4v) is 6.38. The van der Waals surface area contributed by atoms with Crippen LogP contribution in [0.4, 0.5) is 4.39 Å². The molecule has 1 aromatic carbocycles. The third kappa shape index (κ3) is 3.39. The van der Waals surface area contributed by atoms with E-state index in [1.807, 2.05) is 0 Å². The molecule has 7 heteroatoms. The molecule has 1 heterocycles. The van der Waals surface area contributed by atoms with Crippen LogP contribution in [-0.4, -0.2) is 37.8 Å². The quantitative estimate of drug-likeness (QED) is 0.873. The summed E-state index contributed by atoms with van der Waals surface area (Å²) in [6.07, 6.45) is 6.15. The molecule has 0 radical (unpaired) electrons. The minimum Gasteiger partial charge on any atom is -0.353 e. The predicted octanol–water partition coefficient (Wildman–Crippen LogP) is 2.53. The van der Waals surface area contributed by atoms with E-state index in [1.54, 1.807) is 0 Å². The van der Waals surface area contributed by atoms with Gasteiger partial charge >= 0.3 is 0 Å². The van der Waals surface area contributed by atoms with E-state index in [0.717, 1.165) is 24.5 Å². The lowest BCUT2D eigenvalue weighted by molar-refractivity contribution is -0.127. The van der Waals surface area contributed by atoms with Crippen LogP contribution in [0.2, 0.25) is 0 Å². The standard InChI is InChI=1S/C19H25FN2O3S/c20-16-5-7-17(8-6-16)26(24,25)22-9-1-2-15(12-22)19(23)21-18-11-13-3-4-14(18)10-13/h5-8,13-15,18H,1-4,9-12H2,(H,21,23)/t13-,14-,15+,18-/m0/s1. The molecule has 1 N–H and O–H groups in total. The summed E-state index contributed by atoms with van der Waals surface area (Å²) in [5.41, 5.74) is 0. The van der Waals surface area contributed by atoms with Gasteiger partial charge in [0.25, 0.3) is 0 Å². The first-order valence-electron chi connectivity index (χ1n) is 9.49. The van der Waals surface area contributed by atoms with Crippen LogP contribution in [0.15, 0.2) is 29.2 Å². The summed E-state index contributed by atoms with van der Waals surface area (Å²) in [6.45, 7) is 0.601. The fraction of sp³-hybridized carbons (Fsp3) is 0.632. The lowest BCUT2D eigenvalue weighted by Gasteiger charge is -2.32. The highest BCUT2D eigenvalue weighted by atomic mass is 32.2. The number of rotatable bonds is 4. The maximum atomic E-state index is 13.1. The van der Waals surface area contributed by atoms with Crippen molar-refractivity contribution in [2.24, 2.45) is 17.8 Å². The second-order valence-corrected chi connectivity index (χ2v) is 9.88. The van der Waals surface area contributed by atoms with E-state index in [9.17, 15) is 17.6 Å². The zero-order valence-electron chi connectivity index (χ0n) is 14.7. The largest absolute Gasteiger partial charge is 0.353 e. The summed E-state index contributed by atoms with van der Waals surface area (Å²) in [5, 5.41) is 3.19. The molecule has 0 unspecified atom stereocenters. The van der Waals surface area contributed by atoms with Crippen molar-refractivity contribution in [2.45, 2.75) is 49.5 Å². The highest BCUT2D eigenvalue weighted by Crippen LogP contribution is 2.44. The van der Waals surface area contributed by atoms with Crippen LogP contribution in [0, 0.1) is 23.6 Å². The van der Waals surface area contributed by atoms with Crippen LogP contribution in [0.3, 0.4) is 0 Å². The first-order chi connectivity index (χ1) is 12.4. The molecule has 4 atom stereocenters. The summed E-state index contributed by atoms with van der Waals surface area (Å²) in [4.78, 5) is 12.8. The summed E-state index contributed by atoms with van der Waals surface area (Å²) in [5.74, 6) is 0.573. The molecule has 3 aliphatic rings. The summed E-state index contributed by atoms with van der Waals surface area (Å²) < 4.78 is 40.0. The minimum absolute atomic E-state index is 0.0124. The lowest BCUT2D eigenvalue weighted by Crippen LogP contribution is -2.48. The van der Waals surface area contributed by atoms with Gasteiger partial charge in [0.1, 0.15) is 5.82 Å². The monoisotopic (exact) mass is 380 g/mol. The van der Waals surface area contributed by atoms with E-state index < -0.39 is 15.8 Å². The Morgan fingerprint density at radius 2 is 1.88 bits per heavy atom. The molecule has 0 aromatic heterocycles. The Hall–Kier alpha value is -1.47. The number of nitrogens with one attached hydrogen (secondary N) is 1. The second kappa shape index (κ2) is 6.93. The number of carbonyl (C=O) groups excluding carboxylic acids is 1. The van der Waals surface area contributed by atoms with Gasteiger partial charge in [-0.3, -0.25) is 4.79 Å². The normalized spacial score (nSPS) is 31.9. The molecule has 5 nitrogen and oxygen atoms in total. The number of carbonyl (C=O) groups is 1. The molecule has 2 aliphatic carbocycles. The molecule has 2 bridgehead atoms. The van der Waals surface area contributed by atoms with E-state index in [-0.39, 0.29) is 29.3 Å². The second-order valence-electron chi connectivity index (χ2n) is 7.95. The number of sulfonamides is 1. The summed E-state index contributed by atoms with van der Waals surface area (Å²) in [6, 6.07) is 5.13. The molecule has 26 heavy (non-hydrogen) atoms. The highest BCUT2D eigenvalue weighted by Gasteiger charge is 2.41. The smallest absolute Gasteiger partial charge is 0.243 e. The average Bonchev–Trinajstić information content (AvgIpc) is 3.25. The van der Waals surface area contributed by atoms with Crippen molar-refractivity contribution in [3.63, 3.8) is 0 Å². The molecular formula is C19H25FN2O3S. The Bertz CT molecular complexity index is 780. The van der Waals surface area contributed by atoms with Gasteiger partial charge in [-0.05, 0) is 68.2 Å². The van der Waals surface area contributed by atoms with Gasteiger partial charge in [-0.2, -0.15) is 4.31 Å². The Morgan fingerprint density at radius 3 is 2.54 bits per heavy atom. The molecule has 3 fully saturated rings. The van der Waals surface area contributed by atoms with Crippen molar-refractivity contribution in [3.05, 3.63) is 30.1 Å². The van der Waals surface area contributed by atoms with E-state index >= 15 is 0 Å². The van der Waals surface area contributed by atoms with E-state index in [2.05, 4.69) is 5.32 Å². The molecule has 4 rings (SSSR count). The van der Waals surface area contributed by atoms with E-state index in [1.165, 1.54) is 35.7 Å². The minimum atomic E-state index is -3.69. The van der Waals surface area contributed by atoms with Gasteiger partial charge in [-0.25, -0.2) is 12.8 Å². The Morgan fingerprint density at radius 1 is 1.12 bits per heavy atom. The van der Waals surface area contributed by atoms with Crippen LogP contribution in [-0.2, 0) is 14.8 Å². The molecule has 1 saturated heterocycles. The Kier molecular flexibility index (Phi) is 4.77. The number of hydrogen-bond donors (Lipinski definition) is 1. The number of piperidine rings is 1. The number of benzene rings is 1. The maximum Gasteiger partial charge on any atom is 0.243 e. The van der Waals surface area contributed by atoms with Gasteiger partial charge in [0.2, 0.25) is 15.9 Å². The van der Waals surface area contributed by atoms with Crippen molar-refractivity contribution in [3.8, 4) is 0 Å². The molecule has 2 saturated carbocycles. The van der Waals surface area contributed by atoms with Crippen molar-refractivity contribution < 1.29 is 17.6 Å². The van der Waals surface area contributed by atoms with E-state index in [0.29, 0.717) is 25.3 Å². The van der Waals surface area contributed by atoms with Crippen molar-refractivity contribution >= 4 is 15.9 Å². The molecule has 0 spiro atoms. The number of hydrogen-bond acceptors (Lipinski definition) is 3. The van der Waals surface area contributed by atoms with Crippen LogP contribution in [0.1, 0.15) is 38.5 Å². The van der Waals surface area contributed by atoms with Crippen molar-refractivity contribution in [2.75, 3.05) is 13.1 Å². The van der Waals surface area contributed by atoms with E-state index in [4.69, 9.17) is 0 Å². The number of amides is 1. The number of halogens is 1. The Balaban J connectivity index is 1.42. The maximum absolute atomic E-state index is 13.1. The zero-order valence-corrected chi connectivity index (χ0v) is 15.6. The SMILES string of the molecule is O=C(N[C@H]1C[C@H]2CC[C@H]1C2)[C@@H]1CCCN(S(=O)(=O)c2ccc(F)cc2)C1. The first kappa shape index (κ1) is 17.9. The van der Waals surface area contributed by atoms with Gasteiger partial charge in [-0.15, -0.1) is 0 Å². The molecule has 1 aliphatic heterocycles.